The molecule has 0 spiro atoms. The Morgan fingerprint density at radius 3 is 0.633 bits per heavy atom. The molecule has 0 fully saturated rings. The van der Waals surface area contributed by atoms with Gasteiger partial charge < -0.3 is 0 Å². The van der Waals surface area contributed by atoms with Crippen molar-refractivity contribution in [3.63, 3.8) is 0 Å². The number of hydrogen-bond donors (Lipinski definition) is 4. The van der Waals surface area contributed by atoms with Crippen molar-refractivity contribution in [1.29, 1.82) is 0 Å². The molecule has 0 atom stereocenters. The Bertz CT molecular complexity index is 916. The van der Waals surface area contributed by atoms with Gasteiger partial charge in [0.15, 0.2) is 0 Å². The molecule has 0 heterocycles. The fourth-order valence-corrected chi connectivity index (χ4v) is 4.48. The van der Waals surface area contributed by atoms with Crippen LogP contribution in [0.4, 0.5) is 0 Å². The van der Waals surface area contributed by atoms with E-state index in [0.717, 1.165) is 19.6 Å². The lowest BCUT2D eigenvalue weighted by atomic mass is 9.74. The second kappa shape index (κ2) is 9.61. The van der Waals surface area contributed by atoms with Gasteiger partial charge in [-0.1, -0.05) is 48.5 Å². The molecular weight excluding hydrogens is 441 g/mol. The van der Waals surface area contributed by atoms with Gasteiger partial charge in [0.2, 0.25) is 0 Å². The van der Waals surface area contributed by atoms with Crippen LogP contribution in [-0.4, -0.2) is 0 Å². The molecule has 0 N–H and O–H groups in total. The SMILES string of the molecule is Sc1ccc(C(c2ccc(S)cc2)C(c2ccc(S)cc2)c2ccc(S)cc2)cc1. The lowest BCUT2D eigenvalue weighted by Gasteiger charge is -2.30. The van der Waals surface area contributed by atoms with Crippen LogP contribution in [0.1, 0.15) is 34.1 Å². The highest BCUT2D eigenvalue weighted by atomic mass is 32.1. The highest BCUT2D eigenvalue weighted by Crippen LogP contribution is 2.43. The zero-order chi connectivity index (χ0) is 21.1. The smallest absolute Gasteiger partial charge is 0.0199 e. The summed E-state index contributed by atoms with van der Waals surface area (Å²) in [4.78, 5) is 3.83. The molecule has 30 heavy (non-hydrogen) atoms. The van der Waals surface area contributed by atoms with Crippen LogP contribution in [0.3, 0.4) is 0 Å². The van der Waals surface area contributed by atoms with Crippen LogP contribution in [0, 0.1) is 0 Å². The highest BCUT2D eigenvalue weighted by molar-refractivity contribution is 7.80. The number of thiol groups is 4. The fraction of sp³-hybridized carbons (Fsp3) is 0.0769. The number of rotatable bonds is 5. The van der Waals surface area contributed by atoms with Crippen molar-refractivity contribution < 1.29 is 0 Å². The topological polar surface area (TPSA) is 0 Å². The number of hydrogen-bond acceptors (Lipinski definition) is 4. The zero-order valence-corrected chi connectivity index (χ0v) is 19.8. The van der Waals surface area contributed by atoms with E-state index in [1.54, 1.807) is 0 Å². The van der Waals surface area contributed by atoms with E-state index in [4.69, 9.17) is 0 Å². The second-order valence-corrected chi connectivity index (χ2v) is 9.39. The summed E-state index contributed by atoms with van der Waals surface area (Å²) < 4.78 is 0. The molecule has 0 radical (unpaired) electrons. The maximum absolute atomic E-state index is 4.49. The molecule has 4 aromatic carbocycles. The van der Waals surface area contributed by atoms with Crippen LogP contribution < -0.4 is 0 Å². The first-order valence-corrected chi connectivity index (χ1v) is 11.5. The predicted octanol–water partition coefficient (Wildman–Crippen LogP) is 7.81. The monoisotopic (exact) mass is 462 g/mol. The van der Waals surface area contributed by atoms with Gasteiger partial charge in [-0.05, 0) is 70.8 Å². The molecule has 0 aromatic heterocycles. The van der Waals surface area contributed by atoms with Crippen LogP contribution in [-0.2, 0) is 0 Å². The van der Waals surface area contributed by atoms with E-state index in [1.807, 2.05) is 0 Å². The Kier molecular flexibility index (Phi) is 6.89. The van der Waals surface area contributed by atoms with Crippen molar-refractivity contribution in [2.24, 2.45) is 0 Å². The minimum absolute atomic E-state index is 0.129. The van der Waals surface area contributed by atoms with Gasteiger partial charge in [-0.15, -0.1) is 50.5 Å². The first-order chi connectivity index (χ1) is 14.5. The summed E-state index contributed by atoms with van der Waals surface area (Å²) in [6.45, 7) is 0. The zero-order valence-electron chi connectivity index (χ0n) is 16.2. The van der Waals surface area contributed by atoms with Gasteiger partial charge >= 0.3 is 0 Å². The maximum atomic E-state index is 4.49. The number of benzene rings is 4. The van der Waals surface area contributed by atoms with Crippen LogP contribution in [0.15, 0.2) is 117 Å². The Balaban J connectivity index is 1.93. The van der Waals surface area contributed by atoms with Crippen LogP contribution >= 0.6 is 50.5 Å². The quantitative estimate of drug-likeness (QED) is 0.214. The Morgan fingerprint density at radius 2 is 0.467 bits per heavy atom. The van der Waals surface area contributed by atoms with Gasteiger partial charge in [-0.2, -0.15) is 0 Å². The summed E-state index contributed by atoms with van der Waals surface area (Å²) >= 11 is 18.0. The predicted molar refractivity (Wildman–Crippen MR) is 138 cm³/mol. The van der Waals surface area contributed by atoms with E-state index in [-0.39, 0.29) is 11.8 Å². The second-order valence-electron chi connectivity index (χ2n) is 7.32. The molecule has 0 bridgehead atoms. The third kappa shape index (κ3) is 4.94. The fourth-order valence-electron chi connectivity index (χ4n) is 3.88. The van der Waals surface area contributed by atoms with E-state index >= 15 is 0 Å². The third-order valence-corrected chi connectivity index (χ3v) is 6.53. The van der Waals surface area contributed by atoms with E-state index in [9.17, 15) is 0 Å². The summed E-state index contributed by atoms with van der Waals surface area (Å²) in [5.41, 5.74) is 4.98. The van der Waals surface area contributed by atoms with Crippen LogP contribution in [0.5, 0.6) is 0 Å². The summed E-state index contributed by atoms with van der Waals surface area (Å²) in [5, 5.41) is 0. The molecule has 0 aliphatic carbocycles. The van der Waals surface area contributed by atoms with Gasteiger partial charge in [-0.25, -0.2) is 0 Å². The van der Waals surface area contributed by atoms with Crippen molar-refractivity contribution in [1.82, 2.24) is 0 Å². The van der Waals surface area contributed by atoms with E-state index in [1.165, 1.54) is 22.3 Å². The van der Waals surface area contributed by atoms with Gasteiger partial charge in [0, 0.05) is 31.4 Å². The first kappa shape index (κ1) is 21.5. The molecule has 0 nitrogen and oxygen atoms in total. The molecule has 0 aliphatic rings. The summed E-state index contributed by atoms with van der Waals surface area (Å²) in [7, 11) is 0. The molecule has 0 saturated heterocycles. The summed E-state index contributed by atoms with van der Waals surface area (Å²) in [6.07, 6.45) is 0. The van der Waals surface area contributed by atoms with Crippen molar-refractivity contribution >= 4 is 50.5 Å². The van der Waals surface area contributed by atoms with Crippen molar-refractivity contribution in [2.45, 2.75) is 31.4 Å². The van der Waals surface area contributed by atoms with Gasteiger partial charge in [-0.3, -0.25) is 0 Å². The van der Waals surface area contributed by atoms with E-state index in [0.29, 0.717) is 0 Å². The molecule has 150 valence electrons. The van der Waals surface area contributed by atoms with Gasteiger partial charge in [0.25, 0.3) is 0 Å². The molecule has 0 aliphatic heterocycles. The third-order valence-electron chi connectivity index (χ3n) is 5.34. The van der Waals surface area contributed by atoms with Crippen molar-refractivity contribution in [3.8, 4) is 0 Å². The van der Waals surface area contributed by atoms with Crippen molar-refractivity contribution in [2.75, 3.05) is 0 Å². The largest absolute Gasteiger partial charge is 0.143 e. The Hall–Kier alpha value is -1.72. The molecule has 0 amide bonds. The molecule has 4 aromatic rings. The summed E-state index contributed by atoms with van der Waals surface area (Å²) in [5.74, 6) is 0.258. The summed E-state index contributed by atoms with van der Waals surface area (Å²) in [6, 6.07) is 33.9. The van der Waals surface area contributed by atoms with E-state index in [2.05, 4.69) is 148 Å². The first-order valence-electron chi connectivity index (χ1n) is 9.67. The minimum Gasteiger partial charge on any atom is -0.143 e. The normalized spacial score (nSPS) is 11.3. The Labute approximate surface area is 200 Å². The highest BCUT2D eigenvalue weighted by Gasteiger charge is 2.28. The lowest BCUT2D eigenvalue weighted by molar-refractivity contribution is 0.692. The Morgan fingerprint density at radius 1 is 0.300 bits per heavy atom. The van der Waals surface area contributed by atoms with Crippen LogP contribution in [0.25, 0.3) is 0 Å². The molecular formula is C26H22S4. The molecule has 4 heteroatoms. The average molecular weight is 463 g/mol. The average Bonchev–Trinajstić information content (AvgIpc) is 2.75. The minimum atomic E-state index is 0.129. The lowest BCUT2D eigenvalue weighted by Crippen LogP contribution is -2.15. The van der Waals surface area contributed by atoms with Gasteiger partial charge in [0.05, 0.1) is 0 Å². The molecule has 4 rings (SSSR count). The van der Waals surface area contributed by atoms with Crippen molar-refractivity contribution in [3.05, 3.63) is 119 Å². The van der Waals surface area contributed by atoms with Crippen LogP contribution in [0.2, 0.25) is 0 Å². The van der Waals surface area contributed by atoms with Gasteiger partial charge in [0.1, 0.15) is 0 Å². The maximum Gasteiger partial charge on any atom is 0.0199 e. The standard InChI is InChI=1S/C26H22S4/c27-21-9-1-17(2-10-21)25(18-3-11-22(28)12-4-18)26(19-5-13-23(29)14-6-19)20-7-15-24(30)16-8-20/h1-16,25-30H. The molecule has 0 saturated carbocycles. The molecule has 0 unspecified atom stereocenters. The van der Waals surface area contributed by atoms with E-state index < -0.39 is 0 Å².